The number of nitriles is 1. The van der Waals surface area contributed by atoms with Crippen LogP contribution in [0.1, 0.15) is 18.1 Å². The van der Waals surface area contributed by atoms with Crippen LogP contribution in [0.25, 0.3) is 0 Å². The van der Waals surface area contributed by atoms with Crippen LogP contribution in [0.5, 0.6) is 5.75 Å². The van der Waals surface area contributed by atoms with Crippen molar-refractivity contribution >= 4 is 21.9 Å². The fourth-order valence-corrected chi connectivity index (χ4v) is 2.04. The van der Waals surface area contributed by atoms with E-state index in [1.54, 1.807) is 19.1 Å². The highest BCUT2D eigenvalue weighted by atomic mass is 79.9. The van der Waals surface area contributed by atoms with E-state index >= 15 is 0 Å². The Morgan fingerprint density at radius 2 is 2.24 bits per heavy atom. The molecule has 0 radical (unpaired) electrons. The second kappa shape index (κ2) is 6.26. The van der Waals surface area contributed by atoms with Crippen molar-refractivity contribution < 1.29 is 14.3 Å². The summed E-state index contributed by atoms with van der Waals surface area (Å²) in [5.41, 5.74) is 1.16. The van der Waals surface area contributed by atoms with Crippen molar-refractivity contribution in [2.45, 2.75) is 13.3 Å². The van der Waals surface area contributed by atoms with Gasteiger partial charge in [-0.05, 0) is 34.5 Å². The molecule has 0 amide bonds. The smallest absolute Gasteiger partial charge is 0.310 e. The Morgan fingerprint density at radius 1 is 1.53 bits per heavy atom. The van der Waals surface area contributed by atoms with E-state index in [1.807, 2.05) is 6.07 Å². The zero-order valence-corrected chi connectivity index (χ0v) is 11.2. The maximum absolute atomic E-state index is 11.4. The van der Waals surface area contributed by atoms with E-state index in [-0.39, 0.29) is 12.4 Å². The van der Waals surface area contributed by atoms with Gasteiger partial charge in [-0.1, -0.05) is 6.07 Å². The minimum atomic E-state index is -0.306. The fraction of sp³-hybridized carbons (Fsp3) is 0.333. The van der Waals surface area contributed by atoms with Crippen LogP contribution in [0.4, 0.5) is 0 Å². The minimum Gasteiger partial charge on any atom is -0.494 e. The molecule has 0 aromatic heterocycles. The first-order chi connectivity index (χ1) is 8.13. The first-order valence-electron chi connectivity index (χ1n) is 5.05. The first-order valence-corrected chi connectivity index (χ1v) is 5.84. The number of benzene rings is 1. The molecular weight excluding hydrogens is 286 g/mol. The molecule has 0 saturated carbocycles. The SMILES string of the molecule is CCOC(=O)Cc1ccc(C#N)c(OC)c1Br. The number of esters is 1. The van der Waals surface area contributed by atoms with Crippen molar-refractivity contribution in [1.29, 1.82) is 5.26 Å². The van der Waals surface area contributed by atoms with Gasteiger partial charge in [-0.3, -0.25) is 4.79 Å². The van der Waals surface area contributed by atoms with Gasteiger partial charge in [0.2, 0.25) is 0 Å². The lowest BCUT2D eigenvalue weighted by Crippen LogP contribution is -2.08. The number of methoxy groups -OCH3 is 1. The molecule has 1 rings (SSSR count). The second-order valence-electron chi connectivity index (χ2n) is 3.21. The zero-order chi connectivity index (χ0) is 12.8. The standard InChI is InChI=1S/C12H12BrNO3/c1-3-17-10(15)6-8-4-5-9(7-14)12(16-2)11(8)13/h4-5H,3,6H2,1-2H3. The van der Waals surface area contributed by atoms with Gasteiger partial charge in [0.1, 0.15) is 6.07 Å². The highest BCUT2D eigenvalue weighted by Crippen LogP contribution is 2.32. The van der Waals surface area contributed by atoms with Crippen molar-refractivity contribution in [3.8, 4) is 11.8 Å². The molecule has 5 heteroatoms. The van der Waals surface area contributed by atoms with E-state index in [0.29, 0.717) is 22.4 Å². The van der Waals surface area contributed by atoms with Crippen LogP contribution in [0.15, 0.2) is 16.6 Å². The number of nitrogens with zero attached hydrogens (tertiary/aromatic N) is 1. The van der Waals surface area contributed by atoms with Gasteiger partial charge in [0.05, 0.1) is 30.2 Å². The Balaban J connectivity index is 3.03. The molecule has 0 spiro atoms. The van der Waals surface area contributed by atoms with E-state index in [4.69, 9.17) is 14.7 Å². The van der Waals surface area contributed by atoms with Crippen LogP contribution in [0.2, 0.25) is 0 Å². The minimum absolute atomic E-state index is 0.149. The van der Waals surface area contributed by atoms with Crippen molar-refractivity contribution in [2.75, 3.05) is 13.7 Å². The Labute approximate surface area is 108 Å². The highest BCUT2D eigenvalue weighted by molar-refractivity contribution is 9.10. The van der Waals surface area contributed by atoms with Gasteiger partial charge in [-0.25, -0.2) is 0 Å². The van der Waals surface area contributed by atoms with Crippen LogP contribution in [-0.2, 0) is 16.0 Å². The number of halogens is 1. The van der Waals surface area contributed by atoms with Gasteiger partial charge in [0.25, 0.3) is 0 Å². The molecule has 0 aliphatic carbocycles. The van der Waals surface area contributed by atoms with E-state index < -0.39 is 0 Å². The Kier molecular flexibility index (Phi) is 4.98. The van der Waals surface area contributed by atoms with E-state index in [2.05, 4.69) is 15.9 Å². The Hall–Kier alpha value is -1.54. The third-order valence-corrected chi connectivity index (χ3v) is 3.01. The molecule has 0 bridgehead atoms. The summed E-state index contributed by atoms with van der Waals surface area (Å²) < 4.78 is 10.6. The number of rotatable bonds is 4. The molecule has 1 aromatic carbocycles. The number of hydrogen-bond acceptors (Lipinski definition) is 4. The largest absolute Gasteiger partial charge is 0.494 e. The lowest BCUT2D eigenvalue weighted by molar-refractivity contribution is -0.142. The topological polar surface area (TPSA) is 59.3 Å². The molecule has 0 saturated heterocycles. The van der Waals surface area contributed by atoms with Gasteiger partial charge in [-0.15, -0.1) is 0 Å². The summed E-state index contributed by atoms with van der Waals surface area (Å²) in [6.07, 6.45) is 0.149. The first kappa shape index (κ1) is 13.5. The average molecular weight is 298 g/mol. The molecule has 4 nitrogen and oxygen atoms in total. The highest BCUT2D eigenvalue weighted by Gasteiger charge is 2.14. The summed E-state index contributed by atoms with van der Waals surface area (Å²) in [6, 6.07) is 5.36. The summed E-state index contributed by atoms with van der Waals surface area (Å²) in [5.74, 6) is 0.134. The molecular formula is C12H12BrNO3. The molecule has 0 atom stereocenters. The Morgan fingerprint density at radius 3 is 2.76 bits per heavy atom. The molecule has 90 valence electrons. The van der Waals surface area contributed by atoms with Gasteiger partial charge >= 0.3 is 5.97 Å². The zero-order valence-electron chi connectivity index (χ0n) is 9.62. The number of carbonyl (C=O) groups excluding carboxylic acids is 1. The quantitative estimate of drug-likeness (QED) is 0.801. The number of ether oxygens (including phenoxy) is 2. The fourth-order valence-electron chi connectivity index (χ4n) is 1.39. The van der Waals surface area contributed by atoms with Gasteiger partial charge in [0, 0.05) is 0 Å². The molecule has 0 aliphatic rings. The van der Waals surface area contributed by atoms with Gasteiger partial charge in [0.15, 0.2) is 5.75 Å². The van der Waals surface area contributed by atoms with Crippen molar-refractivity contribution in [2.24, 2.45) is 0 Å². The van der Waals surface area contributed by atoms with Crippen LogP contribution >= 0.6 is 15.9 Å². The summed E-state index contributed by atoms with van der Waals surface area (Å²) in [4.78, 5) is 11.4. The molecule has 0 aliphatic heterocycles. The monoisotopic (exact) mass is 297 g/mol. The predicted octanol–water partition coefficient (Wildman–Crippen LogP) is 2.43. The van der Waals surface area contributed by atoms with Crippen molar-refractivity contribution in [3.05, 3.63) is 27.7 Å². The normalized spacial score (nSPS) is 9.53. The average Bonchev–Trinajstić information content (AvgIpc) is 2.31. The molecule has 0 fully saturated rings. The van der Waals surface area contributed by atoms with Crippen molar-refractivity contribution in [1.82, 2.24) is 0 Å². The molecule has 0 unspecified atom stereocenters. The lowest BCUT2D eigenvalue weighted by atomic mass is 10.1. The van der Waals surface area contributed by atoms with E-state index in [1.165, 1.54) is 7.11 Å². The predicted molar refractivity (Wildman–Crippen MR) is 65.7 cm³/mol. The summed E-state index contributed by atoms with van der Waals surface area (Å²) in [6.45, 7) is 2.11. The summed E-state index contributed by atoms with van der Waals surface area (Å²) in [7, 11) is 1.48. The molecule has 0 N–H and O–H groups in total. The summed E-state index contributed by atoms with van der Waals surface area (Å²) in [5, 5.41) is 8.89. The van der Waals surface area contributed by atoms with E-state index in [9.17, 15) is 4.79 Å². The molecule has 1 aromatic rings. The third-order valence-electron chi connectivity index (χ3n) is 2.14. The lowest BCUT2D eigenvalue weighted by Gasteiger charge is -2.10. The maximum Gasteiger partial charge on any atom is 0.310 e. The van der Waals surface area contributed by atoms with E-state index in [0.717, 1.165) is 5.56 Å². The Bertz CT molecular complexity index is 466. The van der Waals surface area contributed by atoms with Gasteiger partial charge in [-0.2, -0.15) is 5.26 Å². The van der Waals surface area contributed by atoms with Crippen LogP contribution in [-0.4, -0.2) is 19.7 Å². The van der Waals surface area contributed by atoms with Gasteiger partial charge < -0.3 is 9.47 Å². The number of hydrogen-bond donors (Lipinski definition) is 0. The molecule has 17 heavy (non-hydrogen) atoms. The third kappa shape index (κ3) is 3.21. The van der Waals surface area contributed by atoms with Crippen LogP contribution in [0.3, 0.4) is 0 Å². The number of carbonyl (C=O) groups is 1. The molecule has 0 heterocycles. The van der Waals surface area contributed by atoms with Crippen molar-refractivity contribution in [3.63, 3.8) is 0 Å². The van der Waals surface area contributed by atoms with Crippen LogP contribution < -0.4 is 4.74 Å². The maximum atomic E-state index is 11.4. The second-order valence-corrected chi connectivity index (χ2v) is 4.01. The van der Waals surface area contributed by atoms with Crippen LogP contribution in [0, 0.1) is 11.3 Å². The summed E-state index contributed by atoms with van der Waals surface area (Å²) >= 11 is 3.33.